The molecule has 126 valence electrons. The Kier molecular flexibility index (Phi) is 4.82. The highest BCUT2D eigenvalue weighted by Gasteiger charge is 2.57. The van der Waals surface area contributed by atoms with Gasteiger partial charge in [0.2, 0.25) is 5.41 Å². The van der Waals surface area contributed by atoms with E-state index in [-0.39, 0.29) is 5.56 Å². The van der Waals surface area contributed by atoms with Gasteiger partial charge in [0.25, 0.3) is 6.43 Å². The summed E-state index contributed by atoms with van der Waals surface area (Å²) < 4.78 is 32.2. The number of carboxylic acids is 2. The predicted octanol–water partition coefficient (Wildman–Crippen LogP) is 3.03. The highest BCUT2D eigenvalue weighted by molar-refractivity contribution is 6.07. The number of carbonyl (C=O) groups is 2. The Bertz CT molecular complexity index is 742. The lowest BCUT2D eigenvalue weighted by atomic mass is 9.77. The molecule has 0 radical (unpaired) electrons. The Morgan fingerprint density at radius 2 is 1.54 bits per heavy atom. The lowest BCUT2D eigenvalue weighted by molar-refractivity contribution is -0.166. The van der Waals surface area contributed by atoms with Gasteiger partial charge in [-0.25, -0.2) is 8.78 Å². The molecule has 0 spiro atoms. The largest absolute Gasteiger partial charge is 0.497 e. The average molecular weight is 336 g/mol. The minimum Gasteiger partial charge on any atom is -0.497 e. The molecule has 7 heteroatoms. The number of methoxy groups -OCH3 is 1. The number of halogens is 2. The van der Waals surface area contributed by atoms with Crippen LogP contribution in [0.3, 0.4) is 0 Å². The summed E-state index contributed by atoms with van der Waals surface area (Å²) in [7, 11) is 1.46. The molecule has 2 rings (SSSR count). The fourth-order valence-electron chi connectivity index (χ4n) is 2.48. The summed E-state index contributed by atoms with van der Waals surface area (Å²) in [6.07, 6.45) is -3.63. The van der Waals surface area contributed by atoms with Crippen molar-refractivity contribution in [3.05, 3.63) is 54.1 Å². The zero-order valence-electron chi connectivity index (χ0n) is 12.6. The van der Waals surface area contributed by atoms with Gasteiger partial charge >= 0.3 is 11.9 Å². The third-order valence-corrected chi connectivity index (χ3v) is 3.75. The molecule has 24 heavy (non-hydrogen) atoms. The predicted molar refractivity (Wildman–Crippen MR) is 81.4 cm³/mol. The first-order chi connectivity index (χ1) is 11.4. The van der Waals surface area contributed by atoms with Crippen LogP contribution in [0.2, 0.25) is 0 Å². The Morgan fingerprint density at radius 3 is 2.00 bits per heavy atom. The SMILES string of the molecule is COc1ccc(-c2ccccc2C(C(=O)O)(C(=O)O)C(F)F)cc1. The van der Waals surface area contributed by atoms with Crippen molar-refractivity contribution in [2.24, 2.45) is 0 Å². The second-order valence-electron chi connectivity index (χ2n) is 4.99. The van der Waals surface area contributed by atoms with E-state index in [9.17, 15) is 28.6 Å². The highest BCUT2D eigenvalue weighted by Crippen LogP contribution is 2.39. The maximum Gasteiger partial charge on any atom is 0.331 e. The van der Waals surface area contributed by atoms with Crippen LogP contribution < -0.4 is 4.74 Å². The molecule has 0 amide bonds. The molecule has 0 aliphatic rings. The van der Waals surface area contributed by atoms with Crippen LogP contribution in [0, 0.1) is 0 Å². The zero-order chi connectivity index (χ0) is 17.9. The van der Waals surface area contributed by atoms with E-state index in [1.165, 1.54) is 37.4 Å². The van der Waals surface area contributed by atoms with Crippen molar-refractivity contribution in [2.45, 2.75) is 11.8 Å². The van der Waals surface area contributed by atoms with Crippen molar-refractivity contribution in [2.75, 3.05) is 7.11 Å². The molecule has 0 heterocycles. The molecule has 0 atom stereocenters. The van der Waals surface area contributed by atoms with Gasteiger partial charge in [0.05, 0.1) is 7.11 Å². The van der Waals surface area contributed by atoms with Crippen LogP contribution in [-0.4, -0.2) is 35.7 Å². The molecule has 0 bridgehead atoms. The number of ether oxygens (including phenoxy) is 1. The van der Waals surface area contributed by atoms with Crippen LogP contribution in [0.15, 0.2) is 48.5 Å². The van der Waals surface area contributed by atoms with Crippen molar-refractivity contribution in [3.63, 3.8) is 0 Å². The maximum atomic E-state index is 13.6. The number of rotatable bonds is 6. The fraction of sp³-hybridized carbons (Fsp3) is 0.176. The number of hydrogen-bond acceptors (Lipinski definition) is 3. The Morgan fingerprint density at radius 1 is 1.00 bits per heavy atom. The second-order valence-corrected chi connectivity index (χ2v) is 4.99. The summed E-state index contributed by atoms with van der Waals surface area (Å²) in [5.74, 6) is -3.72. The molecule has 2 aromatic carbocycles. The van der Waals surface area contributed by atoms with Crippen LogP contribution in [0.4, 0.5) is 8.78 Å². The molecule has 0 aliphatic carbocycles. The lowest BCUT2D eigenvalue weighted by Gasteiger charge is -2.26. The average Bonchev–Trinajstić information content (AvgIpc) is 2.55. The van der Waals surface area contributed by atoms with Gasteiger partial charge < -0.3 is 14.9 Å². The third-order valence-electron chi connectivity index (χ3n) is 3.75. The van der Waals surface area contributed by atoms with Gasteiger partial charge in [-0.15, -0.1) is 0 Å². The molecule has 0 aromatic heterocycles. The molecule has 5 nitrogen and oxygen atoms in total. The molecule has 2 aromatic rings. The molecule has 0 aliphatic heterocycles. The second kappa shape index (κ2) is 6.66. The van der Waals surface area contributed by atoms with E-state index in [1.54, 1.807) is 12.1 Å². The third kappa shape index (κ3) is 2.68. The molecule has 0 saturated heterocycles. The number of alkyl halides is 2. The van der Waals surface area contributed by atoms with Crippen molar-refractivity contribution < 1.29 is 33.3 Å². The van der Waals surface area contributed by atoms with E-state index in [0.717, 1.165) is 6.07 Å². The van der Waals surface area contributed by atoms with Gasteiger partial charge in [0.1, 0.15) is 5.75 Å². The Labute approximate surface area is 136 Å². The van der Waals surface area contributed by atoms with Crippen molar-refractivity contribution in [3.8, 4) is 16.9 Å². The van der Waals surface area contributed by atoms with Crippen LogP contribution in [0.5, 0.6) is 5.75 Å². The van der Waals surface area contributed by atoms with Gasteiger partial charge in [-0.1, -0.05) is 36.4 Å². The first kappa shape index (κ1) is 17.4. The van der Waals surface area contributed by atoms with Gasteiger partial charge in [-0.2, -0.15) is 0 Å². The van der Waals surface area contributed by atoms with E-state index < -0.39 is 29.3 Å². The fourth-order valence-corrected chi connectivity index (χ4v) is 2.48. The van der Waals surface area contributed by atoms with Crippen LogP contribution in [-0.2, 0) is 15.0 Å². The van der Waals surface area contributed by atoms with Crippen molar-refractivity contribution in [1.82, 2.24) is 0 Å². The number of hydrogen-bond donors (Lipinski definition) is 2. The van der Waals surface area contributed by atoms with Gasteiger partial charge in [0, 0.05) is 0 Å². The molecule has 2 N–H and O–H groups in total. The zero-order valence-corrected chi connectivity index (χ0v) is 12.6. The van der Waals surface area contributed by atoms with E-state index in [2.05, 4.69) is 0 Å². The van der Waals surface area contributed by atoms with Crippen molar-refractivity contribution in [1.29, 1.82) is 0 Å². The van der Waals surface area contributed by atoms with Gasteiger partial charge in [-0.3, -0.25) is 9.59 Å². The van der Waals surface area contributed by atoms with Crippen LogP contribution >= 0.6 is 0 Å². The highest BCUT2D eigenvalue weighted by atomic mass is 19.3. The molecular weight excluding hydrogens is 322 g/mol. The molecule has 0 saturated carbocycles. The van der Waals surface area contributed by atoms with Crippen LogP contribution in [0.1, 0.15) is 5.56 Å². The van der Waals surface area contributed by atoms with Crippen molar-refractivity contribution >= 4 is 11.9 Å². The summed E-state index contributed by atoms with van der Waals surface area (Å²) in [6.45, 7) is 0. The normalized spacial score (nSPS) is 11.3. The first-order valence-electron chi connectivity index (χ1n) is 6.84. The molecular formula is C17H14F2O5. The minimum atomic E-state index is -3.63. The number of carboxylic acid groups (broad SMARTS) is 2. The quantitative estimate of drug-likeness (QED) is 0.792. The number of benzene rings is 2. The Hall–Kier alpha value is -2.96. The van der Waals surface area contributed by atoms with E-state index in [0.29, 0.717) is 11.3 Å². The standard InChI is InChI=1S/C17H14F2O5/c1-24-11-8-6-10(7-9-11)12-4-2-3-5-13(12)17(14(18)19,15(20)21)16(22)23/h2-9,14H,1H3,(H,20,21)(H,22,23). The Balaban J connectivity index is 2.74. The van der Waals surface area contributed by atoms with E-state index in [1.807, 2.05) is 0 Å². The van der Waals surface area contributed by atoms with E-state index >= 15 is 0 Å². The summed E-state index contributed by atoms with van der Waals surface area (Å²) in [6, 6.07) is 11.5. The number of aliphatic carboxylic acids is 2. The van der Waals surface area contributed by atoms with Crippen LogP contribution in [0.25, 0.3) is 11.1 Å². The van der Waals surface area contributed by atoms with Gasteiger partial charge in [-0.05, 0) is 28.8 Å². The molecule has 0 fully saturated rings. The topological polar surface area (TPSA) is 83.8 Å². The summed E-state index contributed by atoms with van der Waals surface area (Å²) in [5, 5.41) is 18.6. The molecule has 0 unspecified atom stereocenters. The smallest absolute Gasteiger partial charge is 0.331 e. The lowest BCUT2D eigenvalue weighted by Crippen LogP contribution is -2.50. The minimum absolute atomic E-state index is 0.102. The summed E-state index contributed by atoms with van der Waals surface area (Å²) in [5.41, 5.74) is -3.33. The maximum absolute atomic E-state index is 13.6. The summed E-state index contributed by atoms with van der Waals surface area (Å²) in [4.78, 5) is 23.0. The monoisotopic (exact) mass is 336 g/mol. The summed E-state index contributed by atoms with van der Waals surface area (Å²) >= 11 is 0. The first-order valence-corrected chi connectivity index (χ1v) is 6.84. The van der Waals surface area contributed by atoms with E-state index in [4.69, 9.17) is 4.74 Å². The van der Waals surface area contributed by atoms with Gasteiger partial charge in [0.15, 0.2) is 0 Å².